The first kappa shape index (κ1) is 11.7. The maximum absolute atomic E-state index is 11.7. The van der Waals surface area contributed by atoms with E-state index in [1.807, 2.05) is 6.92 Å². The smallest absolute Gasteiger partial charge is 0.207 e. The number of hydrogen-bond donors (Lipinski definition) is 1. The second kappa shape index (κ2) is 4.91. The zero-order valence-electron chi connectivity index (χ0n) is 8.40. The van der Waals surface area contributed by atoms with E-state index in [-0.39, 0.29) is 11.4 Å². The summed E-state index contributed by atoms with van der Waals surface area (Å²) >= 11 is 0. The molecule has 1 rings (SSSR count). The number of benzene rings is 1. The van der Waals surface area contributed by atoms with Crippen LogP contribution in [0.2, 0.25) is 0 Å². The van der Waals surface area contributed by atoms with Crippen LogP contribution < -0.4 is 4.72 Å². The molecular weight excluding hydrogens is 212 g/mol. The van der Waals surface area contributed by atoms with Crippen LogP contribution in [-0.2, 0) is 16.4 Å². The maximum atomic E-state index is 11.7. The summed E-state index contributed by atoms with van der Waals surface area (Å²) in [5, 5.41) is 8.33. The molecule has 0 saturated heterocycles. The summed E-state index contributed by atoms with van der Waals surface area (Å²) in [5.74, 6) is 0. The van der Waals surface area contributed by atoms with Gasteiger partial charge in [-0.05, 0) is 18.1 Å². The van der Waals surface area contributed by atoms with Gasteiger partial charge in [0.2, 0.25) is 10.0 Å². The Labute approximate surface area is 89.6 Å². The van der Waals surface area contributed by atoms with Gasteiger partial charge in [-0.1, -0.05) is 25.1 Å². The molecule has 80 valence electrons. The number of hydrogen-bond acceptors (Lipinski definition) is 3. The van der Waals surface area contributed by atoms with Crippen molar-refractivity contribution in [3.05, 3.63) is 29.8 Å². The van der Waals surface area contributed by atoms with Gasteiger partial charge in [0.05, 0.1) is 17.5 Å². The Bertz CT molecular complexity index is 474. The van der Waals surface area contributed by atoms with Gasteiger partial charge in [0.25, 0.3) is 0 Å². The highest BCUT2D eigenvalue weighted by Gasteiger charge is 2.15. The molecule has 0 amide bonds. The van der Waals surface area contributed by atoms with E-state index in [1.165, 1.54) is 0 Å². The molecule has 15 heavy (non-hydrogen) atoms. The van der Waals surface area contributed by atoms with Crippen LogP contribution in [0, 0.1) is 11.3 Å². The summed E-state index contributed by atoms with van der Waals surface area (Å²) in [5.41, 5.74) is 0.753. The Morgan fingerprint density at radius 3 is 2.67 bits per heavy atom. The Kier molecular flexibility index (Phi) is 3.83. The molecule has 0 radical (unpaired) electrons. The zero-order chi connectivity index (χ0) is 11.3. The lowest BCUT2D eigenvalue weighted by atomic mass is 10.2. The van der Waals surface area contributed by atoms with Crippen molar-refractivity contribution in [1.29, 1.82) is 5.26 Å². The fourth-order valence-electron chi connectivity index (χ4n) is 1.26. The Balaban J connectivity index is 3.10. The van der Waals surface area contributed by atoms with Gasteiger partial charge in [0, 0.05) is 0 Å². The summed E-state index contributed by atoms with van der Waals surface area (Å²) in [6.45, 7) is 1.68. The third-order valence-electron chi connectivity index (χ3n) is 1.98. The summed E-state index contributed by atoms with van der Waals surface area (Å²) < 4.78 is 25.6. The minimum Gasteiger partial charge on any atom is -0.207 e. The van der Waals surface area contributed by atoms with Crippen molar-refractivity contribution in [3.8, 4) is 6.07 Å². The van der Waals surface area contributed by atoms with E-state index in [0.29, 0.717) is 6.42 Å². The SMILES string of the molecule is CCc1ccccc1S(=O)(=O)NCC#N. The van der Waals surface area contributed by atoms with Crippen molar-refractivity contribution in [1.82, 2.24) is 4.72 Å². The van der Waals surface area contributed by atoms with Crippen LogP contribution in [0.25, 0.3) is 0 Å². The molecule has 0 fully saturated rings. The van der Waals surface area contributed by atoms with Crippen molar-refractivity contribution in [2.45, 2.75) is 18.2 Å². The predicted octanol–water partition coefficient (Wildman–Crippen LogP) is 1.05. The van der Waals surface area contributed by atoms with Gasteiger partial charge in [-0.3, -0.25) is 0 Å². The van der Waals surface area contributed by atoms with Crippen molar-refractivity contribution in [2.75, 3.05) is 6.54 Å². The number of sulfonamides is 1. The minimum absolute atomic E-state index is 0.208. The number of nitrogens with zero attached hydrogens (tertiary/aromatic N) is 1. The van der Waals surface area contributed by atoms with Gasteiger partial charge >= 0.3 is 0 Å². The molecule has 0 saturated carbocycles. The molecule has 0 aliphatic heterocycles. The largest absolute Gasteiger partial charge is 0.241 e. The van der Waals surface area contributed by atoms with E-state index in [1.54, 1.807) is 30.3 Å². The molecule has 1 aromatic carbocycles. The van der Waals surface area contributed by atoms with E-state index in [4.69, 9.17) is 5.26 Å². The number of rotatable bonds is 4. The van der Waals surface area contributed by atoms with Gasteiger partial charge in [-0.25, -0.2) is 8.42 Å². The highest BCUT2D eigenvalue weighted by molar-refractivity contribution is 7.89. The summed E-state index contributed by atoms with van der Waals surface area (Å²) in [7, 11) is -3.54. The Morgan fingerprint density at radius 1 is 1.40 bits per heavy atom. The van der Waals surface area contributed by atoms with E-state index in [0.717, 1.165) is 5.56 Å². The van der Waals surface area contributed by atoms with Crippen molar-refractivity contribution in [3.63, 3.8) is 0 Å². The van der Waals surface area contributed by atoms with Gasteiger partial charge in [0.15, 0.2) is 0 Å². The number of nitriles is 1. The molecular formula is C10H12N2O2S. The molecule has 0 spiro atoms. The van der Waals surface area contributed by atoms with E-state index in [9.17, 15) is 8.42 Å². The highest BCUT2D eigenvalue weighted by Crippen LogP contribution is 2.15. The Hall–Kier alpha value is -1.38. The number of aryl methyl sites for hydroxylation is 1. The lowest BCUT2D eigenvalue weighted by Crippen LogP contribution is -2.24. The molecule has 4 nitrogen and oxygen atoms in total. The van der Waals surface area contributed by atoms with Crippen LogP contribution in [-0.4, -0.2) is 15.0 Å². The topological polar surface area (TPSA) is 70.0 Å². The summed E-state index contributed by atoms with van der Waals surface area (Å²) in [4.78, 5) is 0.253. The molecule has 5 heteroatoms. The van der Waals surface area contributed by atoms with Crippen molar-refractivity contribution >= 4 is 10.0 Å². The monoisotopic (exact) mass is 224 g/mol. The summed E-state index contributed by atoms with van der Waals surface area (Å²) in [6.07, 6.45) is 0.642. The third-order valence-corrected chi connectivity index (χ3v) is 3.49. The Morgan fingerprint density at radius 2 is 2.07 bits per heavy atom. The molecule has 0 aliphatic rings. The van der Waals surface area contributed by atoms with Crippen LogP contribution in [0.15, 0.2) is 29.2 Å². The standard InChI is InChI=1S/C10H12N2O2S/c1-2-9-5-3-4-6-10(9)15(13,14)12-8-7-11/h3-6,12H,2,8H2,1H3. The van der Waals surface area contributed by atoms with E-state index in [2.05, 4.69) is 4.72 Å². The molecule has 0 unspecified atom stereocenters. The second-order valence-corrected chi connectivity index (χ2v) is 4.68. The summed E-state index contributed by atoms with van der Waals surface area (Å²) in [6, 6.07) is 8.51. The van der Waals surface area contributed by atoms with Crippen molar-refractivity contribution in [2.24, 2.45) is 0 Å². The van der Waals surface area contributed by atoms with E-state index < -0.39 is 10.0 Å². The molecule has 0 heterocycles. The number of nitrogens with one attached hydrogen (secondary N) is 1. The quantitative estimate of drug-likeness (QED) is 0.777. The van der Waals surface area contributed by atoms with Crippen LogP contribution in [0.4, 0.5) is 0 Å². The normalized spacial score (nSPS) is 10.9. The first-order valence-electron chi connectivity index (χ1n) is 4.56. The third kappa shape index (κ3) is 2.78. The first-order chi connectivity index (χ1) is 7.11. The molecule has 0 atom stereocenters. The van der Waals surface area contributed by atoms with Crippen LogP contribution in [0.5, 0.6) is 0 Å². The van der Waals surface area contributed by atoms with Crippen molar-refractivity contribution < 1.29 is 8.42 Å². The average Bonchev–Trinajstić information content (AvgIpc) is 2.26. The maximum Gasteiger partial charge on any atom is 0.241 e. The second-order valence-electron chi connectivity index (χ2n) is 2.94. The van der Waals surface area contributed by atoms with Crippen LogP contribution >= 0.6 is 0 Å². The predicted molar refractivity (Wildman–Crippen MR) is 56.6 cm³/mol. The van der Waals surface area contributed by atoms with Crippen LogP contribution in [0.1, 0.15) is 12.5 Å². The van der Waals surface area contributed by atoms with Gasteiger partial charge < -0.3 is 0 Å². The highest BCUT2D eigenvalue weighted by atomic mass is 32.2. The lowest BCUT2D eigenvalue weighted by Gasteiger charge is -2.07. The van der Waals surface area contributed by atoms with Gasteiger partial charge in [0.1, 0.15) is 0 Å². The lowest BCUT2D eigenvalue weighted by molar-refractivity contribution is 0.585. The fraction of sp³-hybridized carbons (Fsp3) is 0.300. The van der Waals surface area contributed by atoms with Crippen LogP contribution in [0.3, 0.4) is 0 Å². The molecule has 0 aliphatic carbocycles. The first-order valence-corrected chi connectivity index (χ1v) is 6.04. The zero-order valence-corrected chi connectivity index (χ0v) is 9.21. The fourth-order valence-corrected chi connectivity index (χ4v) is 2.49. The molecule has 1 N–H and O–H groups in total. The molecule has 1 aromatic rings. The molecule has 0 aromatic heterocycles. The minimum atomic E-state index is -3.54. The molecule has 0 bridgehead atoms. The van der Waals surface area contributed by atoms with E-state index >= 15 is 0 Å². The van der Waals surface area contributed by atoms with Gasteiger partial charge in [-0.15, -0.1) is 0 Å². The van der Waals surface area contributed by atoms with Gasteiger partial charge in [-0.2, -0.15) is 9.98 Å². The average molecular weight is 224 g/mol.